The second-order valence-corrected chi connectivity index (χ2v) is 7.98. The van der Waals surface area contributed by atoms with Gasteiger partial charge >= 0.3 is 0 Å². The molecule has 4 N–H and O–H groups in total. The number of hydrogen-bond acceptors (Lipinski definition) is 6. The van der Waals surface area contributed by atoms with Crippen LogP contribution < -0.4 is 16.4 Å². The minimum atomic E-state index is -0.473. The van der Waals surface area contributed by atoms with Crippen molar-refractivity contribution in [1.82, 2.24) is 19.4 Å². The minimum Gasteiger partial charge on any atom is -0.397 e. The van der Waals surface area contributed by atoms with Crippen LogP contribution in [-0.4, -0.2) is 25.3 Å². The number of nitrogens with one attached hydrogen (secondary N) is 2. The highest BCUT2D eigenvalue weighted by Gasteiger charge is 2.13. The number of fused-ring (bicyclic) bond motifs is 1. The topological polar surface area (TPSA) is 110 Å². The van der Waals surface area contributed by atoms with Gasteiger partial charge in [0, 0.05) is 24.5 Å². The molecule has 0 saturated carbocycles. The summed E-state index contributed by atoms with van der Waals surface area (Å²) in [5, 5.41) is 5.86. The predicted molar refractivity (Wildman–Crippen MR) is 133 cm³/mol. The Morgan fingerprint density at radius 3 is 2.71 bits per heavy atom. The Hall–Kier alpha value is -4.79. The Labute approximate surface area is 200 Å². The molecule has 0 bridgehead atoms. The number of pyridine rings is 1. The van der Waals surface area contributed by atoms with Crippen LogP contribution in [-0.2, 0) is 6.54 Å². The SMILES string of the molecule is Cc1nc2ccccn2c1-c1ccnc(NCc2ccc(C(=O)Nc3cc(F)ccc3N)cc2)n1. The van der Waals surface area contributed by atoms with E-state index in [9.17, 15) is 9.18 Å². The van der Waals surface area contributed by atoms with Gasteiger partial charge in [-0.3, -0.25) is 9.20 Å². The first-order valence-electron chi connectivity index (χ1n) is 10.9. The van der Waals surface area contributed by atoms with Crippen molar-refractivity contribution in [2.75, 3.05) is 16.4 Å². The summed E-state index contributed by atoms with van der Waals surface area (Å²) in [6.45, 7) is 2.42. The van der Waals surface area contributed by atoms with Gasteiger partial charge in [-0.15, -0.1) is 0 Å². The highest BCUT2D eigenvalue weighted by molar-refractivity contribution is 6.05. The summed E-state index contributed by atoms with van der Waals surface area (Å²) in [5.74, 6) is -0.365. The third kappa shape index (κ3) is 4.65. The minimum absolute atomic E-state index is 0.235. The van der Waals surface area contributed by atoms with E-state index in [0.717, 1.165) is 28.3 Å². The van der Waals surface area contributed by atoms with Crippen molar-refractivity contribution in [2.45, 2.75) is 13.5 Å². The van der Waals surface area contributed by atoms with Gasteiger partial charge in [-0.1, -0.05) is 18.2 Å². The lowest BCUT2D eigenvalue weighted by Crippen LogP contribution is -2.13. The first-order valence-corrected chi connectivity index (χ1v) is 10.9. The molecule has 0 aliphatic carbocycles. The number of nitrogens with zero attached hydrogens (tertiary/aromatic N) is 4. The molecule has 2 aromatic carbocycles. The van der Waals surface area contributed by atoms with E-state index in [-0.39, 0.29) is 11.6 Å². The lowest BCUT2D eigenvalue weighted by Gasteiger charge is -2.10. The Morgan fingerprint density at radius 2 is 1.89 bits per heavy atom. The molecule has 1 amide bonds. The smallest absolute Gasteiger partial charge is 0.255 e. The Morgan fingerprint density at radius 1 is 1.06 bits per heavy atom. The van der Waals surface area contributed by atoms with Crippen LogP contribution in [0, 0.1) is 12.7 Å². The van der Waals surface area contributed by atoms with Crippen molar-refractivity contribution < 1.29 is 9.18 Å². The summed E-state index contributed by atoms with van der Waals surface area (Å²) < 4.78 is 15.4. The second kappa shape index (κ2) is 9.22. The normalized spacial score (nSPS) is 10.9. The number of aryl methyl sites for hydroxylation is 1. The Kier molecular flexibility index (Phi) is 5.80. The Balaban J connectivity index is 1.27. The summed E-state index contributed by atoms with van der Waals surface area (Å²) in [6, 6.07) is 18.6. The molecule has 0 aliphatic heterocycles. The van der Waals surface area contributed by atoms with E-state index < -0.39 is 5.82 Å². The van der Waals surface area contributed by atoms with Crippen LogP contribution in [0.5, 0.6) is 0 Å². The van der Waals surface area contributed by atoms with Gasteiger partial charge in [0.1, 0.15) is 11.5 Å². The van der Waals surface area contributed by atoms with E-state index in [1.807, 2.05) is 53.9 Å². The van der Waals surface area contributed by atoms with E-state index in [2.05, 4.69) is 25.6 Å². The molecule has 35 heavy (non-hydrogen) atoms. The second-order valence-electron chi connectivity index (χ2n) is 7.98. The molecular weight excluding hydrogens is 445 g/mol. The number of nitrogen functional groups attached to an aromatic ring is 1. The predicted octanol–water partition coefficient (Wildman–Crippen LogP) is 4.69. The van der Waals surface area contributed by atoms with E-state index in [1.165, 1.54) is 18.2 Å². The van der Waals surface area contributed by atoms with Crippen molar-refractivity contribution in [1.29, 1.82) is 0 Å². The molecule has 3 heterocycles. The molecule has 174 valence electrons. The van der Waals surface area contributed by atoms with Crippen LogP contribution in [0.25, 0.3) is 17.0 Å². The quantitative estimate of drug-likeness (QED) is 0.313. The highest BCUT2D eigenvalue weighted by Crippen LogP contribution is 2.24. The monoisotopic (exact) mass is 467 g/mol. The maximum atomic E-state index is 13.4. The number of halogens is 1. The maximum absolute atomic E-state index is 13.4. The molecule has 5 rings (SSSR count). The standard InChI is InChI=1S/C26H22FN7O/c1-16-24(34-13-3-2-4-23(34)31-16)21-11-12-29-26(33-21)30-15-17-5-7-18(8-6-17)25(35)32-22-14-19(27)9-10-20(22)28/h2-14H,15,28H2,1H3,(H,32,35)(H,29,30,33). The number of benzene rings is 2. The van der Waals surface area contributed by atoms with Crippen LogP contribution >= 0.6 is 0 Å². The average molecular weight is 468 g/mol. The molecule has 0 radical (unpaired) electrons. The molecule has 5 aromatic rings. The number of anilines is 3. The van der Waals surface area contributed by atoms with Gasteiger partial charge in [0.15, 0.2) is 0 Å². The molecule has 0 atom stereocenters. The Bertz CT molecular complexity index is 1530. The number of nitrogens with two attached hydrogens (primary N) is 1. The van der Waals surface area contributed by atoms with Crippen molar-refractivity contribution in [3.63, 3.8) is 0 Å². The van der Waals surface area contributed by atoms with Crippen LogP contribution in [0.2, 0.25) is 0 Å². The summed E-state index contributed by atoms with van der Waals surface area (Å²) in [5.41, 5.74) is 11.1. The number of amides is 1. The first kappa shape index (κ1) is 22.0. The van der Waals surface area contributed by atoms with Crippen LogP contribution in [0.4, 0.5) is 21.7 Å². The van der Waals surface area contributed by atoms with Gasteiger partial charge in [-0.05, 0) is 61.0 Å². The zero-order chi connectivity index (χ0) is 24.4. The molecule has 0 unspecified atom stereocenters. The van der Waals surface area contributed by atoms with Gasteiger partial charge in [0.2, 0.25) is 5.95 Å². The average Bonchev–Trinajstić information content (AvgIpc) is 3.21. The summed E-state index contributed by atoms with van der Waals surface area (Å²) in [4.78, 5) is 26.1. The number of aromatic nitrogens is 4. The number of hydrogen-bond donors (Lipinski definition) is 3. The van der Waals surface area contributed by atoms with E-state index in [0.29, 0.717) is 23.7 Å². The fraction of sp³-hybridized carbons (Fsp3) is 0.0769. The third-order valence-electron chi connectivity index (χ3n) is 5.53. The molecule has 8 nitrogen and oxygen atoms in total. The van der Waals surface area contributed by atoms with Crippen molar-refractivity contribution in [3.05, 3.63) is 102 Å². The lowest BCUT2D eigenvalue weighted by molar-refractivity contribution is 0.102. The highest BCUT2D eigenvalue weighted by atomic mass is 19.1. The fourth-order valence-corrected chi connectivity index (χ4v) is 3.78. The van der Waals surface area contributed by atoms with Gasteiger partial charge in [-0.2, -0.15) is 0 Å². The zero-order valence-electron chi connectivity index (χ0n) is 18.9. The molecule has 0 fully saturated rings. The fourth-order valence-electron chi connectivity index (χ4n) is 3.78. The number of carbonyl (C=O) groups excluding carboxylic acids is 1. The molecule has 0 aliphatic rings. The van der Waals surface area contributed by atoms with Gasteiger partial charge in [-0.25, -0.2) is 19.3 Å². The number of carbonyl (C=O) groups is 1. The van der Waals surface area contributed by atoms with Crippen molar-refractivity contribution in [2.24, 2.45) is 0 Å². The third-order valence-corrected chi connectivity index (χ3v) is 5.53. The van der Waals surface area contributed by atoms with E-state index in [4.69, 9.17) is 5.73 Å². The van der Waals surface area contributed by atoms with Gasteiger partial charge < -0.3 is 16.4 Å². The van der Waals surface area contributed by atoms with Crippen molar-refractivity contribution >= 4 is 28.9 Å². The molecule has 0 spiro atoms. The van der Waals surface area contributed by atoms with E-state index >= 15 is 0 Å². The molecule has 9 heteroatoms. The summed E-state index contributed by atoms with van der Waals surface area (Å²) in [6.07, 6.45) is 3.66. The van der Waals surface area contributed by atoms with Gasteiger partial charge in [0.25, 0.3) is 5.91 Å². The number of rotatable bonds is 6. The molecule has 3 aromatic heterocycles. The lowest BCUT2D eigenvalue weighted by atomic mass is 10.1. The van der Waals surface area contributed by atoms with E-state index in [1.54, 1.807) is 18.3 Å². The van der Waals surface area contributed by atoms with Gasteiger partial charge in [0.05, 0.1) is 28.5 Å². The van der Waals surface area contributed by atoms with Crippen LogP contribution in [0.15, 0.2) is 79.1 Å². The largest absolute Gasteiger partial charge is 0.397 e. The first-order chi connectivity index (χ1) is 17.0. The van der Waals surface area contributed by atoms with Crippen LogP contribution in [0.1, 0.15) is 21.6 Å². The summed E-state index contributed by atoms with van der Waals surface area (Å²) >= 11 is 0. The zero-order valence-corrected chi connectivity index (χ0v) is 18.9. The molecular formula is C26H22FN7O. The van der Waals surface area contributed by atoms with Crippen LogP contribution in [0.3, 0.4) is 0 Å². The molecule has 0 saturated heterocycles. The summed E-state index contributed by atoms with van der Waals surface area (Å²) in [7, 11) is 0. The van der Waals surface area contributed by atoms with Crippen molar-refractivity contribution in [3.8, 4) is 11.4 Å². The maximum Gasteiger partial charge on any atom is 0.255 e. The number of imidazole rings is 1.